The fourth-order valence-corrected chi connectivity index (χ4v) is 2.87. The summed E-state index contributed by atoms with van der Waals surface area (Å²) in [5.74, 6) is 1.10. The number of nitrogens with two attached hydrogens (primary N) is 1. The van der Waals surface area contributed by atoms with E-state index in [-0.39, 0.29) is 12.0 Å². The summed E-state index contributed by atoms with van der Waals surface area (Å²) in [6.07, 6.45) is 5.46. The first-order valence-corrected chi connectivity index (χ1v) is 6.23. The van der Waals surface area contributed by atoms with Gasteiger partial charge < -0.3 is 10.6 Å². The van der Waals surface area contributed by atoms with Gasteiger partial charge in [0.05, 0.1) is 0 Å². The van der Waals surface area contributed by atoms with E-state index in [0.717, 1.165) is 32.4 Å². The Labute approximate surface area is 92.0 Å². The van der Waals surface area contributed by atoms with Crippen LogP contribution >= 0.6 is 0 Å². The van der Waals surface area contributed by atoms with E-state index in [2.05, 4.69) is 6.92 Å². The number of likely N-dealkylation sites (tertiary alicyclic amines) is 1. The Hall–Kier alpha value is -0.570. The second-order valence-electron chi connectivity index (χ2n) is 5.19. The summed E-state index contributed by atoms with van der Waals surface area (Å²) in [5, 5.41) is 0. The lowest BCUT2D eigenvalue weighted by molar-refractivity contribution is -0.137. The Morgan fingerprint density at radius 2 is 1.93 bits per heavy atom. The van der Waals surface area contributed by atoms with Crippen LogP contribution in [0.5, 0.6) is 0 Å². The molecule has 1 saturated heterocycles. The summed E-state index contributed by atoms with van der Waals surface area (Å²) >= 11 is 0. The largest absolute Gasteiger partial charge is 0.342 e. The van der Waals surface area contributed by atoms with Gasteiger partial charge >= 0.3 is 0 Å². The minimum Gasteiger partial charge on any atom is -0.342 e. The summed E-state index contributed by atoms with van der Waals surface area (Å²) in [6.45, 7) is 4.14. The number of hydrogen-bond acceptors (Lipinski definition) is 2. The minimum atomic E-state index is 0.201. The van der Waals surface area contributed by atoms with Crippen molar-refractivity contribution < 1.29 is 4.79 Å². The molecule has 15 heavy (non-hydrogen) atoms. The first-order valence-electron chi connectivity index (χ1n) is 6.23. The summed E-state index contributed by atoms with van der Waals surface area (Å²) in [4.78, 5) is 14.3. The molecule has 0 bridgehead atoms. The molecule has 86 valence electrons. The number of amides is 1. The normalized spacial score (nSPS) is 36.9. The van der Waals surface area contributed by atoms with Crippen LogP contribution in [-0.2, 0) is 4.79 Å². The van der Waals surface area contributed by atoms with Crippen LogP contribution in [0.3, 0.4) is 0 Å². The van der Waals surface area contributed by atoms with Crippen molar-refractivity contribution in [1.29, 1.82) is 0 Å². The third kappa shape index (κ3) is 2.33. The van der Waals surface area contributed by atoms with Gasteiger partial charge in [0.2, 0.25) is 5.91 Å². The van der Waals surface area contributed by atoms with E-state index >= 15 is 0 Å². The van der Waals surface area contributed by atoms with Gasteiger partial charge in [-0.25, -0.2) is 0 Å². The average molecular weight is 210 g/mol. The SMILES string of the molecule is CC1CCC(N)CC1C(=O)N1CCCC1. The van der Waals surface area contributed by atoms with E-state index in [1.165, 1.54) is 12.8 Å². The molecule has 0 radical (unpaired) electrons. The maximum Gasteiger partial charge on any atom is 0.226 e. The molecule has 3 atom stereocenters. The number of rotatable bonds is 1. The quantitative estimate of drug-likeness (QED) is 0.710. The summed E-state index contributed by atoms with van der Waals surface area (Å²) in [6, 6.07) is 0.248. The van der Waals surface area contributed by atoms with E-state index < -0.39 is 0 Å². The third-order valence-corrected chi connectivity index (χ3v) is 3.97. The molecule has 3 unspecified atom stereocenters. The highest BCUT2D eigenvalue weighted by Gasteiger charge is 2.34. The van der Waals surface area contributed by atoms with Crippen LogP contribution in [-0.4, -0.2) is 29.9 Å². The van der Waals surface area contributed by atoms with Gasteiger partial charge in [0.15, 0.2) is 0 Å². The third-order valence-electron chi connectivity index (χ3n) is 3.97. The van der Waals surface area contributed by atoms with E-state index in [1.807, 2.05) is 4.90 Å². The molecule has 1 aliphatic heterocycles. The van der Waals surface area contributed by atoms with E-state index in [4.69, 9.17) is 5.73 Å². The van der Waals surface area contributed by atoms with Crippen LogP contribution in [0.15, 0.2) is 0 Å². The second kappa shape index (κ2) is 4.52. The van der Waals surface area contributed by atoms with Crippen molar-refractivity contribution in [3.63, 3.8) is 0 Å². The predicted molar refractivity (Wildman–Crippen MR) is 60.3 cm³/mol. The van der Waals surface area contributed by atoms with Crippen LogP contribution < -0.4 is 5.73 Å². The van der Waals surface area contributed by atoms with Crippen molar-refractivity contribution in [2.45, 2.75) is 45.1 Å². The molecular weight excluding hydrogens is 188 g/mol. The molecule has 3 nitrogen and oxygen atoms in total. The van der Waals surface area contributed by atoms with Gasteiger partial charge in [0, 0.05) is 25.0 Å². The van der Waals surface area contributed by atoms with Crippen LogP contribution in [0, 0.1) is 11.8 Å². The van der Waals surface area contributed by atoms with Gasteiger partial charge in [-0.3, -0.25) is 4.79 Å². The minimum absolute atomic E-state index is 0.201. The van der Waals surface area contributed by atoms with E-state index in [0.29, 0.717) is 11.8 Å². The predicted octanol–water partition coefficient (Wildman–Crippen LogP) is 1.37. The first kappa shape index (κ1) is 10.9. The lowest BCUT2D eigenvalue weighted by Crippen LogP contribution is -2.42. The highest BCUT2D eigenvalue weighted by molar-refractivity contribution is 5.79. The van der Waals surface area contributed by atoms with Crippen LogP contribution in [0.4, 0.5) is 0 Å². The van der Waals surface area contributed by atoms with Gasteiger partial charge in [0.25, 0.3) is 0 Å². The van der Waals surface area contributed by atoms with Crippen molar-refractivity contribution in [3.05, 3.63) is 0 Å². The standard InChI is InChI=1S/C12H22N2O/c1-9-4-5-10(13)8-11(9)12(15)14-6-2-3-7-14/h9-11H,2-8,13H2,1H3. The molecule has 1 aliphatic carbocycles. The Bertz CT molecular complexity index is 236. The number of nitrogens with zero attached hydrogens (tertiary/aromatic N) is 1. The fourth-order valence-electron chi connectivity index (χ4n) is 2.87. The molecule has 2 fully saturated rings. The lowest BCUT2D eigenvalue weighted by atomic mass is 9.77. The van der Waals surface area contributed by atoms with Gasteiger partial charge in [-0.15, -0.1) is 0 Å². The lowest BCUT2D eigenvalue weighted by Gasteiger charge is -2.34. The summed E-state index contributed by atoms with van der Waals surface area (Å²) < 4.78 is 0. The van der Waals surface area contributed by atoms with Crippen molar-refractivity contribution >= 4 is 5.91 Å². The van der Waals surface area contributed by atoms with Crippen molar-refractivity contribution in [1.82, 2.24) is 4.90 Å². The molecule has 1 heterocycles. The average Bonchev–Trinajstić information content (AvgIpc) is 2.74. The van der Waals surface area contributed by atoms with E-state index in [1.54, 1.807) is 0 Å². The smallest absolute Gasteiger partial charge is 0.226 e. The number of carbonyl (C=O) groups excluding carboxylic acids is 1. The second-order valence-corrected chi connectivity index (χ2v) is 5.19. The first-order chi connectivity index (χ1) is 7.18. The maximum absolute atomic E-state index is 12.2. The van der Waals surface area contributed by atoms with Crippen molar-refractivity contribution in [2.75, 3.05) is 13.1 Å². The summed E-state index contributed by atoms with van der Waals surface area (Å²) in [7, 11) is 0. The van der Waals surface area contributed by atoms with Gasteiger partial charge in [-0.1, -0.05) is 6.92 Å². The summed E-state index contributed by atoms with van der Waals surface area (Å²) in [5.41, 5.74) is 5.95. The zero-order chi connectivity index (χ0) is 10.8. The Morgan fingerprint density at radius 1 is 1.27 bits per heavy atom. The molecule has 1 amide bonds. The van der Waals surface area contributed by atoms with Crippen LogP contribution in [0.1, 0.15) is 39.0 Å². The Kier molecular flexibility index (Phi) is 3.29. The number of carbonyl (C=O) groups is 1. The highest BCUT2D eigenvalue weighted by atomic mass is 16.2. The molecule has 2 aliphatic rings. The molecule has 3 heteroatoms. The highest BCUT2D eigenvalue weighted by Crippen LogP contribution is 2.31. The monoisotopic (exact) mass is 210 g/mol. The van der Waals surface area contributed by atoms with Gasteiger partial charge in [0.1, 0.15) is 0 Å². The maximum atomic E-state index is 12.2. The molecule has 1 saturated carbocycles. The topological polar surface area (TPSA) is 46.3 Å². The molecule has 0 aromatic rings. The zero-order valence-electron chi connectivity index (χ0n) is 9.61. The van der Waals surface area contributed by atoms with E-state index in [9.17, 15) is 4.79 Å². The van der Waals surface area contributed by atoms with Crippen molar-refractivity contribution in [3.8, 4) is 0 Å². The van der Waals surface area contributed by atoms with Crippen LogP contribution in [0.2, 0.25) is 0 Å². The molecule has 2 rings (SSSR count). The molecular formula is C12H22N2O. The van der Waals surface area contributed by atoms with Crippen LogP contribution in [0.25, 0.3) is 0 Å². The molecule has 0 aromatic heterocycles. The van der Waals surface area contributed by atoms with Gasteiger partial charge in [-0.2, -0.15) is 0 Å². The van der Waals surface area contributed by atoms with Gasteiger partial charge in [-0.05, 0) is 38.0 Å². The number of hydrogen-bond donors (Lipinski definition) is 1. The Balaban J connectivity index is 1.97. The molecule has 2 N–H and O–H groups in total. The molecule has 0 aromatic carbocycles. The van der Waals surface area contributed by atoms with Crippen molar-refractivity contribution in [2.24, 2.45) is 17.6 Å². The zero-order valence-corrected chi connectivity index (χ0v) is 9.61. The fraction of sp³-hybridized carbons (Fsp3) is 0.917. The Morgan fingerprint density at radius 3 is 2.60 bits per heavy atom. The molecule has 0 spiro atoms.